The van der Waals surface area contributed by atoms with E-state index < -0.39 is 0 Å². The quantitative estimate of drug-likeness (QED) is 0.746. The Morgan fingerprint density at radius 1 is 1.50 bits per heavy atom. The van der Waals surface area contributed by atoms with E-state index in [-0.39, 0.29) is 0 Å². The van der Waals surface area contributed by atoms with Crippen LogP contribution in [0.25, 0.3) is 5.65 Å². The van der Waals surface area contributed by atoms with E-state index in [0.717, 1.165) is 15.8 Å². The maximum Gasteiger partial charge on any atom is 0.142 e. The van der Waals surface area contributed by atoms with E-state index in [1.54, 1.807) is 0 Å². The second-order valence-corrected chi connectivity index (χ2v) is 3.51. The zero-order valence-electron chi connectivity index (χ0n) is 6.58. The van der Waals surface area contributed by atoms with Crippen molar-refractivity contribution in [2.75, 3.05) is 5.73 Å². The predicted molar refractivity (Wildman–Crippen MR) is 52.0 cm³/mol. The first-order valence-electron chi connectivity index (χ1n) is 3.58. The third-order valence-corrected chi connectivity index (χ3v) is 2.68. The molecule has 0 amide bonds. The molecule has 0 spiro atoms. The topological polar surface area (TPSA) is 43.3 Å². The highest BCUT2D eigenvalue weighted by Gasteiger charge is 2.02. The van der Waals surface area contributed by atoms with Gasteiger partial charge in [-0.25, -0.2) is 4.98 Å². The zero-order chi connectivity index (χ0) is 8.72. The number of hydrogen-bond donors (Lipinski definition) is 1. The summed E-state index contributed by atoms with van der Waals surface area (Å²) in [7, 11) is 0. The fraction of sp³-hybridized carbons (Fsp3) is 0.125. The molecule has 3 nitrogen and oxygen atoms in total. The van der Waals surface area contributed by atoms with Crippen LogP contribution in [0.3, 0.4) is 0 Å². The van der Waals surface area contributed by atoms with Gasteiger partial charge in [0, 0.05) is 10.2 Å². The molecular formula is C8H8BrN3. The van der Waals surface area contributed by atoms with Crippen LogP contribution in [0.15, 0.2) is 22.8 Å². The summed E-state index contributed by atoms with van der Waals surface area (Å²) < 4.78 is 3.02. The minimum atomic E-state index is 0.552. The summed E-state index contributed by atoms with van der Waals surface area (Å²) in [5, 5.41) is 0. The average Bonchev–Trinajstić information content (AvgIpc) is 2.39. The summed E-state index contributed by atoms with van der Waals surface area (Å²) in [4.78, 5) is 4.14. The fourth-order valence-electron chi connectivity index (χ4n) is 1.18. The number of rotatable bonds is 0. The molecule has 0 unspecified atom stereocenters. The summed E-state index contributed by atoms with van der Waals surface area (Å²) in [5.74, 6) is 0.552. The highest BCUT2D eigenvalue weighted by molar-refractivity contribution is 9.10. The lowest BCUT2D eigenvalue weighted by Gasteiger charge is -2.00. The summed E-state index contributed by atoms with van der Waals surface area (Å²) in [6, 6.07) is 3.89. The molecule has 2 rings (SSSR count). The van der Waals surface area contributed by atoms with Gasteiger partial charge in [0.2, 0.25) is 0 Å². The van der Waals surface area contributed by atoms with Crippen LogP contribution in [0.4, 0.5) is 5.82 Å². The Balaban J connectivity index is 2.89. The number of hydrogen-bond acceptors (Lipinski definition) is 2. The van der Waals surface area contributed by atoms with Crippen molar-refractivity contribution in [3.63, 3.8) is 0 Å². The van der Waals surface area contributed by atoms with Gasteiger partial charge in [0.25, 0.3) is 0 Å². The van der Waals surface area contributed by atoms with Crippen LogP contribution in [-0.4, -0.2) is 9.38 Å². The van der Waals surface area contributed by atoms with Gasteiger partial charge in [-0.1, -0.05) is 0 Å². The molecule has 0 aliphatic rings. The third kappa shape index (κ3) is 0.992. The standard InChI is InChI=1S/C8H8BrN3/c1-5-6(9)2-3-8-11-7(10)4-12(5)8/h2-4H,10H2,1H3. The van der Waals surface area contributed by atoms with Gasteiger partial charge < -0.3 is 10.1 Å². The van der Waals surface area contributed by atoms with Crippen molar-refractivity contribution in [2.24, 2.45) is 0 Å². The van der Waals surface area contributed by atoms with Gasteiger partial charge in [-0.3, -0.25) is 0 Å². The largest absolute Gasteiger partial charge is 0.382 e. The molecule has 2 aromatic rings. The van der Waals surface area contributed by atoms with E-state index in [4.69, 9.17) is 5.73 Å². The molecule has 2 aromatic heterocycles. The van der Waals surface area contributed by atoms with E-state index in [1.807, 2.05) is 29.7 Å². The van der Waals surface area contributed by atoms with Crippen molar-refractivity contribution < 1.29 is 0 Å². The van der Waals surface area contributed by atoms with Crippen LogP contribution in [0.1, 0.15) is 5.69 Å². The van der Waals surface area contributed by atoms with Gasteiger partial charge in [-0.15, -0.1) is 0 Å². The van der Waals surface area contributed by atoms with Gasteiger partial charge in [0.1, 0.15) is 11.5 Å². The second kappa shape index (κ2) is 2.48. The van der Waals surface area contributed by atoms with Gasteiger partial charge in [0.05, 0.1) is 6.20 Å². The van der Waals surface area contributed by atoms with Crippen LogP contribution < -0.4 is 5.73 Å². The highest BCUT2D eigenvalue weighted by atomic mass is 79.9. The minimum absolute atomic E-state index is 0.552. The van der Waals surface area contributed by atoms with Crippen LogP contribution in [0.2, 0.25) is 0 Å². The minimum Gasteiger partial charge on any atom is -0.382 e. The number of pyridine rings is 1. The Labute approximate surface area is 78.3 Å². The second-order valence-electron chi connectivity index (χ2n) is 2.66. The number of nitrogen functional groups attached to an aromatic ring is 1. The molecule has 62 valence electrons. The van der Waals surface area contributed by atoms with Crippen LogP contribution in [0, 0.1) is 6.92 Å². The third-order valence-electron chi connectivity index (χ3n) is 1.84. The van der Waals surface area contributed by atoms with E-state index in [1.165, 1.54) is 0 Å². The Morgan fingerprint density at radius 3 is 3.00 bits per heavy atom. The predicted octanol–water partition coefficient (Wildman–Crippen LogP) is 1.99. The molecule has 0 saturated carbocycles. The van der Waals surface area contributed by atoms with Crippen molar-refractivity contribution in [3.8, 4) is 0 Å². The number of imidazole rings is 1. The lowest BCUT2D eigenvalue weighted by Crippen LogP contribution is -1.89. The molecule has 4 heteroatoms. The molecule has 0 radical (unpaired) electrons. The van der Waals surface area contributed by atoms with Crippen molar-refractivity contribution in [1.29, 1.82) is 0 Å². The summed E-state index contributed by atoms with van der Waals surface area (Å²) >= 11 is 3.44. The number of halogens is 1. The number of nitrogens with two attached hydrogens (primary N) is 1. The molecule has 2 heterocycles. The van der Waals surface area contributed by atoms with Gasteiger partial charge >= 0.3 is 0 Å². The maximum absolute atomic E-state index is 5.56. The number of fused-ring (bicyclic) bond motifs is 1. The first-order valence-corrected chi connectivity index (χ1v) is 4.37. The van der Waals surface area contributed by atoms with Crippen molar-refractivity contribution in [1.82, 2.24) is 9.38 Å². The van der Waals surface area contributed by atoms with Crippen molar-refractivity contribution >= 4 is 27.4 Å². The molecule has 2 N–H and O–H groups in total. The molecule has 0 bridgehead atoms. The molecule has 0 aliphatic carbocycles. The molecule has 12 heavy (non-hydrogen) atoms. The molecule has 0 saturated heterocycles. The van der Waals surface area contributed by atoms with E-state index >= 15 is 0 Å². The van der Waals surface area contributed by atoms with Crippen molar-refractivity contribution in [3.05, 3.63) is 28.5 Å². The molecule has 0 aromatic carbocycles. The highest BCUT2D eigenvalue weighted by Crippen LogP contribution is 2.18. The Hall–Kier alpha value is -1.03. The molecule has 0 atom stereocenters. The number of anilines is 1. The normalized spacial score (nSPS) is 10.8. The van der Waals surface area contributed by atoms with Crippen LogP contribution in [-0.2, 0) is 0 Å². The SMILES string of the molecule is Cc1c(Br)ccc2nc(N)cn12. The van der Waals surface area contributed by atoms with Crippen molar-refractivity contribution in [2.45, 2.75) is 6.92 Å². The lowest BCUT2D eigenvalue weighted by molar-refractivity contribution is 1.08. The summed E-state index contributed by atoms with van der Waals surface area (Å²) in [6.07, 6.45) is 1.81. The van der Waals surface area contributed by atoms with Crippen LogP contribution >= 0.6 is 15.9 Å². The number of aryl methyl sites for hydroxylation is 1. The number of aromatic nitrogens is 2. The Kier molecular flexibility index (Phi) is 1.58. The van der Waals surface area contributed by atoms with E-state index in [9.17, 15) is 0 Å². The van der Waals surface area contributed by atoms with Gasteiger partial charge in [-0.2, -0.15) is 0 Å². The summed E-state index contributed by atoms with van der Waals surface area (Å²) in [6.45, 7) is 2.01. The Bertz CT molecular complexity index is 433. The van der Waals surface area contributed by atoms with Gasteiger partial charge in [-0.05, 0) is 35.0 Å². The zero-order valence-corrected chi connectivity index (χ0v) is 8.17. The maximum atomic E-state index is 5.56. The Morgan fingerprint density at radius 2 is 2.25 bits per heavy atom. The van der Waals surface area contributed by atoms with E-state index in [0.29, 0.717) is 5.82 Å². The fourth-order valence-corrected chi connectivity index (χ4v) is 1.51. The molecule has 0 fully saturated rings. The first-order chi connectivity index (χ1) is 5.68. The smallest absolute Gasteiger partial charge is 0.142 e. The number of nitrogens with zero attached hydrogens (tertiary/aromatic N) is 2. The van der Waals surface area contributed by atoms with E-state index in [2.05, 4.69) is 20.9 Å². The molecular weight excluding hydrogens is 218 g/mol. The van der Waals surface area contributed by atoms with Crippen LogP contribution in [0.5, 0.6) is 0 Å². The average molecular weight is 226 g/mol. The van der Waals surface area contributed by atoms with Gasteiger partial charge in [0.15, 0.2) is 0 Å². The molecule has 0 aliphatic heterocycles. The first kappa shape index (κ1) is 7.61. The monoisotopic (exact) mass is 225 g/mol. The summed E-state index contributed by atoms with van der Waals surface area (Å²) in [5.41, 5.74) is 7.55. The lowest BCUT2D eigenvalue weighted by atomic mass is 10.4.